The van der Waals surface area contributed by atoms with E-state index in [1.54, 1.807) is 13.0 Å². The molecule has 100 valence electrons. The Morgan fingerprint density at radius 3 is 2.47 bits per heavy atom. The molecular weight excluding hydrogens is 250 g/mol. The number of aryl methyl sites for hydroxylation is 1. The van der Waals surface area contributed by atoms with Crippen LogP contribution in [0.2, 0.25) is 0 Å². The predicted molar refractivity (Wildman–Crippen MR) is 68.2 cm³/mol. The fourth-order valence-corrected chi connectivity index (χ4v) is 1.86. The zero-order valence-electron chi connectivity index (χ0n) is 10.7. The predicted octanol–water partition coefficient (Wildman–Crippen LogP) is 4.12. The van der Waals surface area contributed by atoms with Crippen LogP contribution >= 0.6 is 0 Å². The number of halogens is 2. The first kappa shape index (κ1) is 13.5. The van der Waals surface area contributed by atoms with Crippen LogP contribution in [0.4, 0.5) is 8.78 Å². The van der Waals surface area contributed by atoms with Crippen molar-refractivity contribution in [2.45, 2.75) is 20.0 Å². The summed E-state index contributed by atoms with van der Waals surface area (Å²) in [5.74, 6) is -0.245. The van der Waals surface area contributed by atoms with Gasteiger partial charge < -0.3 is 9.84 Å². The van der Waals surface area contributed by atoms with E-state index in [1.807, 2.05) is 0 Å². The Balaban J connectivity index is 2.41. The highest BCUT2D eigenvalue weighted by Crippen LogP contribution is 2.33. The van der Waals surface area contributed by atoms with E-state index in [0.717, 1.165) is 0 Å². The van der Waals surface area contributed by atoms with Crippen LogP contribution in [-0.2, 0) is 0 Å². The van der Waals surface area contributed by atoms with Gasteiger partial charge in [-0.2, -0.15) is 0 Å². The fraction of sp³-hybridized carbons (Fsp3) is 0.200. The molecule has 0 saturated heterocycles. The van der Waals surface area contributed by atoms with Gasteiger partial charge in [0.25, 0.3) is 0 Å². The molecule has 0 aromatic heterocycles. The summed E-state index contributed by atoms with van der Waals surface area (Å²) in [7, 11) is 0. The Morgan fingerprint density at radius 2 is 1.84 bits per heavy atom. The molecule has 0 amide bonds. The molecule has 1 unspecified atom stereocenters. The molecule has 0 saturated carbocycles. The Morgan fingerprint density at radius 1 is 1.11 bits per heavy atom. The molecule has 0 aliphatic heterocycles. The normalized spacial score (nSPS) is 12.3. The lowest BCUT2D eigenvalue weighted by molar-refractivity contribution is 0.190. The quantitative estimate of drug-likeness (QED) is 0.903. The first-order valence-electron chi connectivity index (χ1n) is 5.89. The summed E-state index contributed by atoms with van der Waals surface area (Å²) in [6.45, 7) is 3.16. The molecule has 1 atom stereocenters. The van der Waals surface area contributed by atoms with E-state index in [2.05, 4.69) is 0 Å². The maximum Gasteiger partial charge on any atom is 0.136 e. The highest BCUT2D eigenvalue weighted by atomic mass is 19.1. The standard InChI is InChI=1S/C15H14F2O2/c1-9-8-11(16)6-7-13(9)19-14-5-3-4-12(17)15(14)10(2)18/h3-8,10,18H,1-2H3. The summed E-state index contributed by atoms with van der Waals surface area (Å²) in [6.07, 6.45) is -0.989. The molecule has 0 radical (unpaired) electrons. The van der Waals surface area contributed by atoms with Crippen molar-refractivity contribution in [2.75, 3.05) is 0 Å². The van der Waals surface area contributed by atoms with Gasteiger partial charge in [0.15, 0.2) is 0 Å². The number of rotatable bonds is 3. The molecule has 0 aliphatic rings. The SMILES string of the molecule is Cc1cc(F)ccc1Oc1cccc(F)c1C(C)O. The molecule has 19 heavy (non-hydrogen) atoms. The molecule has 0 bridgehead atoms. The minimum Gasteiger partial charge on any atom is -0.457 e. The smallest absolute Gasteiger partial charge is 0.136 e. The average Bonchev–Trinajstić information content (AvgIpc) is 2.32. The van der Waals surface area contributed by atoms with Gasteiger partial charge in [0.1, 0.15) is 23.1 Å². The summed E-state index contributed by atoms with van der Waals surface area (Å²) in [4.78, 5) is 0. The molecule has 2 rings (SSSR count). The Labute approximate surface area is 110 Å². The van der Waals surface area contributed by atoms with E-state index in [9.17, 15) is 13.9 Å². The molecule has 4 heteroatoms. The van der Waals surface area contributed by atoms with Crippen LogP contribution in [0.25, 0.3) is 0 Å². The molecule has 0 aliphatic carbocycles. The molecule has 2 nitrogen and oxygen atoms in total. The fourth-order valence-electron chi connectivity index (χ4n) is 1.86. The Bertz CT molecular complexity index is 595. The highest BCUT2D eigenvalue weighted by molar-refractivity contribution is 5.42. The van der Waals surface area contributed by atoms with Crippen molar-refractivity contribution in [3.8, 4) is 11.5 Å². The monoisotopic (exact) mass is 264 g/mol. The van der Waals surface area contributed by atoms with Crippen LogP contribution in [0, 0.1) is 18.6 Å². The van der Waals surface area contributed by atoms with Crippen LogP contribution in [-0.4, -0.2) is 5.11 Å². The number of ether oxygens (including phenoxy) is 1. The number of hydrogen-bond acceptors (Lipinski definition) is 2. The van der Waals surface area contributed by atoms with Crippen molar-refractivity contribution in [3.05, 3.63) is 59.2 Å². The lowest BCUT2D eigenvalue weighted by Gasteiger charge is -2.15. The van der Waals surface area contributed by atoms with Crippen molar-refractivity contribution in [1.82, 2.24) is 0 Å². The zero-order valence-corrected chi connectivity index (χ0v) is 10.7. The van der Waals surface area contributed by atoms with Gasteiger partial charge >= 0.3 is 0 Å². The van der Waals surface area contributed by atoms with E-state index >= 15 is 0 Å². The third-order valence-corrected chi connectivity index (χ3v) is 2.79. The van der Waals surface area contributed by atoms with Gasteiger partial charge in [-0.05, 0) is 49.7 Å². The van der Waals surface area contributed by atoms with E-state index < -0.39 is 11.9 Å². The molecule has 0 heterocycles. The van der Waals surface area contributed by atoms with E-state index in [4.69, 9.17) is 4.74 Å². The van der Waals surface area contributed by atoms with Crippen LogP contribution in [0.1, 0.15) is 24.2 Å². The number of hydrogen-bond donors (Lipinski definition) is 1. The van der Waals surface area contributed by atoms with Crippen molar-refractivity contribution in [1.29, 1.82) is 0 Å². The van der Waals surface area contributed by atoms with Crippen LogP contribution < -0.4 is 4.74 Å². The van der Waals surface area contributed by atoms with Gasteiger partial charge in [-0.1, -0.05) is 6.07 Å². The zero-order chi connectivity index (χ0) is 14.0. The molecule has 2 aromatic carbocycles. The minimum absolute atomic E-state index is 0.0891. The van der Waals surface area contributed by atoms with Gasteiger partial charge in [-0.15, -0.1) is 0 Å². The third kappa shape index (κ3) is 2.90. The second kappa shape index (κ2) is 5.36. The van der Waals surface area contributed by atoms with Gasteiger partial charge in [-0.25, -0.2) is 8.78 Å². The lowest BCUT2D eigenvalue weighted by atomic mass is 10.1. The summed E-state index contributed by atoms with van der Waals surface area (Å²) in [6, 6.07) is 8.39. The summed E-state index contributed by atoms with van der Waals surface area (Å²) in [5, 5.41) is 9.60. The van der Waals surface area contributed by atoms with Crippen LogP contribution in [0.5, 0.6) is 11.5 Å². The maximum absolute atomic E-state index is 13.7. The largest absolute Gasteiger partial charge is 0.457 e. The Hall–Kier alpha value is -1.94. The van der Waals surface area contributed by atoms with Gasteiger partial charge in [0.2, 0.25) is 0 Å². The van der Waals surface area contributed by atoms with Gasteiger partial charge in [-0.3, -0.25) is 0 Å². The summed E-state index contributed by atoms with van der Waals surface area (Å²) >= 11 is 0. The number of aliphatic hydroxyl groups is 1. The van der Waals surface area contributed by atoms with E-state index in [0.29, 0.717) is 11.3 Å². The minimum atomic E-state index is -0.989. The summed E-state index contributed by atoms with van der Waals surface area (Å²) < 4.78 is 32.2. The second-order valence-corrected chi connectivity index (χ2v) is 4.34. The molecular formula is C15H14F2O2. The molecule has 1 N–H and O–H groups in total. The van der Waals surface area contributed by atoms with Gasteiger partial charge in [0.05, 0.1) is 11.7 Å². The van der Waals surface area contributed by atoms with Gasteiger partial charge in [0, 0.05) is 0 Å². The molecule has 2 aromatic rings. The average molecular weight is 264 g/mol. The topological polar surface area (TPSA) is 29.5 Å². The van der Waals surface area contributed by atoms with Crippen molar-refractivity contribution < 1.29 is 18.6 Å². The second-order valence-electron chi connectivity index (χ2n) is 4.34. The number of aliphatic hydroxyl groups excluding tert-OH is 1. The first-order valence-corrected chi connectivity index (χ1v) is 5.89. The lowest BCUT2D eigenvalue weighted by Crippen LogP contribution is -2.00. The third-order valence-electron chi connectivity index (χ3n) is 2.79. The highest BCUT2D eigenvalue weighted by Gasteiger charge is 2.15. The number of benzene rings is 2. The van der Waals surface area contributed by atoms with E-state index in [1.165, 1.54) is 37.3 Å². The van der Waals surface area contributed by atoms with Crippen LogP contribution in [0.15, 0.2) is 36.4 Å². The Kier molecular flexibility index (Phi) is 3.81. The van der Waals surface area contributed by atoms with E-state index in [-0.39, 0.29) is 17.1 Å². The summed E-state index contributed by atoms with van der Waals surface area (Å²) in [5.41, 5.74) is 0.687. The molecule has 0 spiro atoms. The van der Waals surface area contributed by atoms with Crippen LogP contribution in [0.3, 0.4) is 0 Å². The van der Waals surface area contributed by atoms with Crippen molar-refractivity contribution in [3.63, 3.8) is 0 Å². The van der Waals surface area contributed by atoms with Crippen molar-refractivity contribution >= 4 is 0 Å². The maximum atomic E-state index is 13.7. The van der Waals surface area contributed by atoms with Crippen molar-refractivity contribution in [2.24, 2.45) is 0 Å². The molecule has 0 fully saturated rings. The first-order chi connectivity index (χ1) is 8.99.